The normalized spacial score (nSPS) is 9.96. The largest absolute Gasteiger partial charge is 0.495 e. The van der Waals surface area contributed by atoms with Gasteiger partial charge in [-0.15, -0.1) is 0 Å². The summed E-state index contributed by atoms with van der Waals surface area (Å²) in [5, 5.41) is 5.86. The van der Waals surface area contributed by atoms with Crippen LogP contribution in [0.4, 0.5) is 11.4 Å². The first kappa shape index (κ1) is 17.6. The van der Waals surface area contributed by atoms with E-state index in [1.807, 2.05) is 0 Å². The first-order chi connectivity index (χ1) is 11.5. The highest BCUT2D eigenvalue weighted by Gasteiger charge is 2.09. The van der Waals surface area contributed by atoms with Crippen molar-refractivity contribution >= 4 is 34.8 Å². The predicted octanol–water partition coefficient (Wildman–Crippen LogP) is 3.32. The van der Waals surface area contributed by atoms with Crippen LogP contribution in [-0.2, 0) is 9.59 Å². The molecule has 0 unspecified atom stereocenters. The van der Waals surface area contributed by atoms with E-state index in [1.165, 1.54) is 14.0 Å². The molecule has 0 radical (unpaired) electrons. The van der Waals surface area contributed by atoms with E-state index in [4.69, 9.17) is 21.1 Å². The molecular formula is C17H17ClN2O4. The van der Waals surface area contributed by atoms with E-state index in [-0.39, 0.29) is 18.4 Å². The van der Waals surface area contributed by atoms with Gasteiger partial charge in [0.05, 0.1) is 12.8 Å². The average molecular weight is 349 g/mol. The Morgan fingerprint density at radius 1 is 1.12 bits per heavy atom. The summed E-state index contributed by atoms with van der Waals surface area (Å²) in [5.74, 6) is 0.430. The third-order valence-corrected chi connectivity index (χ3v) is 3.20. The Balaban J connectivity index is 1.99. The fourth-order valence-electron chi connectivity index (χ4n) is 1.98. The van der Waals surface area contributed by atoms with E-state index in [9.17, 15) is 9.59 Å². The number of carbonyl (C=O) groups excluding carboxylic acids is 2. The first-order valence-electron chi connectivity index (χ1n) is 7.12. The van der Waals surface area contributed by atoms with Gasteiger partial charge in [0.2, 0.25) is 5.91 Å². The van der Waals surface area contributed by atoms with Crippen molar-refractivity contribution in [2.24, 2.45) is 0 Å². The average Bonchev–Trinajstić information content (AvgIpc) is 2.53. The molecule has 2 amide bonds. The fraction of sp³-hybridized carbons (Fsp3) is 0.176. The third kappa shape index (κ3) is 5.17. The molecule has 0 aromatic heterocycles. The van der Waals surface area contributed by atoms with Gasteiger partial charge in [-0.3, -0.25) is 9.59 Å². The number of nitrogens with one attached hydrogen (secondary N) is 2. The van der Waals surface area contributed by atoms with E-state index in [0.29, 0.717) is 27.9 Å². The number of benzene rings is 2. The van der Waals surface area contributed by atoms with Crippen LogP contribution in [-0.4, -0.2) is 25.5 Å². The second-order valence-electron chi connectivity index (χ2n) is 4.89. The number of anilines is 2. The standard InChI is InChI=1S/C17H17ClN2O4/c1-11(21)19-15-9-13(6-7-16(15)23-2)20-17(22)10-24-14-5-3-4-12(18)8-14/h3-9H,10H2,1-2H3,(H,19,21)(H,20,22). The Morgan fingerprint density at radius 2 is 1.92 bits per heavy atom. The Labute approximate surface area is 144 Å². The number of carbonyl (C=O) groups is 2. The van der Waals surface area contributed by atoms with Crippen molar-refractivity contribution in [2.75, 3.05) is 24.4 Å². The van der Waals surface area contributed by atoms with Crippen LogP contribution in [0.2, 0.25) is 5.02 Å². The SMILES string of the molecule is COc1ccc(NC(=O)COc2cccc(Cl)c2)cc1NC(C)=O. The number of hydrogen-bond donors (Lipinski definition) is 2. The number of methoxy groups -OCH3 is 1. The zero-order chi connectivity index (χ0) is 17.5. The first-order valence-corrected chi connectivity index (χ1v) is 7.49. The van der Waals surface area contributed by atoms with Crippen LogP contribution in [0.1, 0.15) is 6.92 Å². The van der Waals surface area contributed by atoms with Crippen LogP contribution in [0.3, 0.4) is 0 Å². The molecule has 0 heterocycles. The van der Waals surface area contributed by atoms with Crippen LogP contribution < -0.4 is 20.1 Å². The minimum Gasteiger partial charge on any atom is -0.495 e. The quantitative estimate of drug-likeness (QED) is 0.839. The lowest BCUT2D eigenvalue weighted by molar-refractivity contribution is -0.118. The van der Waals surface area contributed by atoms with Gasteiger partial charge in [0.1, 0.15) is 11.5 Å². The van der Waals surface area contributed by atoms with E-state index in [1.54, 1.807) is 42.5 Å². The van der Waals surface area contributed by atoms with Gasteiger partial charge in [-0.05, 0) is 36.4 Å². The molecule has 6 nitrogen and oxygen atoms in total. The van der Waals surface area contributed by atoms with Crippen molar-refractivity contribution in [3.63, 3.8) is 0 Å². The zero-order valence-electron chi connectivity index (χ0n) is 13.3. The highest BCUT2D eigenvalue weighted by atomic mass is 35.5. The number of rotatable bonds is 6. The minimum atomic E-state index is -0.339. The second kappa shape index (κ2) is 8.21. The molecule has 0 saturated heterocycles. The molecule has 0 spiro atoms. The summed E-state index contributed by atoms with van der Waals surface area (Å²) in [7, 11) is 1.50. The van der Waals surface area contributed by atoms with E-state index in [2.05, 4.69) is 10.6 Å². The predicted molar refractivity (Wildman–Crippen MR) is 92.9 cm³/mol. The van der Waals surface area contributed by atoms with Crippen LogP contribution in [0.15, 0.2) is 42.5 Å². The molecule has 0 aliphatic carbocycles. The van der Waals surface area contributed by atoms with Gasteiger partial charge in [-0.2, -0.15) is 0 Å². The monoisotopic (exact) mass is 348 g/mol. The molecule has 2 aromatic rings. The van der Waals surface area contributed by atoms with Crippen LogP contribution >= 0.6 is 11.6 Å². The van der Waals surface area contributed by atoms with Crippen LogP contribution in [0, 0.1) is 0 Å². The molecule has 24 heavy (non-hydrogen) atoms. The number of hydrogen-bond acceptors (Lipinski definition) is 4. The highest BCUT2D eigenvalue weighted by molar-refractivity contribution is 6.30. The topological polar surface area (TPSA) is 76.7 Å². The molecule has 0 aliphatic rings. The lowest BCUT2D eigenvalue weighted by Gasteiger charge is -2.12. The molecule has 126 valence electrons. The summed E-state index contributed by atoms with van der Waals surface area (Å²) in [6.07, 6.45) is 0. The third-order valence-electron chi connectivity index (χ3n) is 2.96. The van der Waals surface area contributed by atoms with Gasteiger partial charge in [0, 0.05) is 17.6 Å². The molecule has 2 aromatic carbocycles. The van der Waals surface area contributed by atoms with Crippen molar-refractivity contribution in [2.45, 2.75) is 6.92 Å². The van der Waals surface area contributed by atoms with Crippen molar-refractivity contribution in [3.05, 3.63) is 47.5 Å². The van der Waals surface area contributed by atoms with Crippen molar-refractivity contribution in [3.8, 4) is 11.5 Å². The fourth-order valence-corrected chi connectivity index (χ4v) is 2.16. The van der Waals surface area contributed by atoms with Crippen molar-refractivity contribution < 1.29 is 19.1 Å². The summed E-state index contributed by atoms with van der Waals surface area (Å²) in [6.45, 7) is 1.23. The molecular weight excluding hydrogens is 332 g/mol. The number of ether oxygens (including phenoxy) is 2. The molecule has 2 N–H and O–H groups in total. The second-order valence-corrected chi connectivity index (χ2v) is 5.33. The van der Waals surface area contributed by atoms with Crippen molar-refractivity contribution in [1.82, 2.24) is 0 Å². The number of amides is 2. The summed E-state index contributed by atoms with van der Waals surface area (Å²) in [5.41, 5.74) is 0.984. The Morgan fingerprint density at radius 3 is 2.58 bits per heavy atom. The van der Waals surface area contributed by atoms with Crippen molar-refractivity contribution in [1.29, 1.82) is 0 Å². The van der Waals surface area contributed by atoms with Gasteiger partial charge in [-0.25, -0.2) is 0 Å². The highest BCUT2D eigenvalue weighted by Crippen LogP contribution is 2.27. The molecule has 2 rings (SSSR count). The smallest absolute Gasteiger partial charge is 0.262 e. The summed E-state index contributed by atoms with van der Waals surface area (Å²) < 4.78 is 10.5. The van der Waals surface area contributed by atoms with Gasteiger partial charge >= 0.3 is 0 Å². The molecule has 0 fully saturated rings. The van der Waals surface area contributed by atoms with Gasteiger partial charge in [0.25, 0.3) is 5.91 Å². The molecule has 0 atom stereocenters. The Bertz CT molecular complexity index is 749. The zero-order valence-corrected chi connectivity index (χ0v) is 14.0. The molecule has 0 saturated carbocycles. The molecule has 0 bridgehead atoms. The van der Waals surface area contributed by atoms with Crippen LogP contribution in [0.5, 0.6) is 11.5 Å². The van der Waals surface area contributed by atoms with Gasteiger partial charge in [0.15, 0.2) is 6.61 Å². The number of halogens is 1. The maximum Gasteiger partial charge on any atom is 0.262 e. The Kier molecular flexibility index (Phi) is 6.03. The molecule has 7 heteroatoms. The maximum absolute atomic E-state index is 12.0. The molecule has 0 aliphatic heterocycles. The summed E-state index contributed by atoms with van der Waals surface area (Å²) in [6, 6.07) is 11.7. The lowest BCUT2D eigenvalue weighted by atomic mass is 10.2. The summed E-state index contributed by atoms with van der Waals surface area (Å²) >= 11 is 5.85. The van der Waals surface area contributed by atoms with Gasteiger partial charge in [-0.1, -0.05) is 17.7 Å². The van der Waals surface area contributed by atoms with Gasteiger partial charge < -0.3 is 20.1 Å². The maximum atomic E-state index is 12.0. The summed E-state index contributed by atoms with van der Waals surface area (Å²) in [4.78, 5) is 23.2. The lowest BCUT2D eigenvalue weighted by Crippen LogP contribution is -2.20. The van der Waals surface area contributed by atoms with E-state index >= 15 is 0 Å². The minimum absolute atomic E-state index is 0.165. The van der Waals surface area contributed by atoms with Crippen LogP contribution in [0.25, 0.3) is 0 Å². The van der Waals surface area contributed by atoms with E-state index in [0.717, 1.165) is 0 Å². The van der Waals surface area contributed by atoms with E-state index < -0.39 is 0 Å². The Hall–Kier alpha value is -2.73.